The van der Waals surface area contributed by atoms with Crippen LogP contribution in [0.5, 0.6) is 5.75 Å². The van der Waals surface area contributed by atoms with Gasteiger partial charge in [0.15, 0.2) is 4.80 Å². The predicted molar refractivity (Wildman–Crippen MR) is 167 cm³/mol. The Bertz CT molecular complexity index is 2040. The minimum Gasteiger partial charge on any atom is -0.489 e. The molecule has 7 nitrogen and oxygen atoms in total. The number of ether oxygens (including phenoxy) is 2. The summed E-state index contributed by atoms with van der Waals surface area (Å²) >= 11 is 2.76. The third-order valence-corrected chi connectivity index (χ3v) is 8.74. The van der Waals surface area contributed by atoms with Crippen LogP contribution in [0.3, 0.4) is 0 Å². The highest BCUT2D eigenvalue weighted by molar-refractivity contribution is 7.10. The van der Waals surface area contributed by atoms with Crippen molar-refractivity contribution in [2.75, 3.05) is 6.61 Å². The Labute approximate surface area is 255 Å². The zero-order chi connectivity index (χ0) is 29.8. The fourth-order valence-electron chi connectivity index (χ4n) is 4.84. The second kappa shape index (κ2) is 12.4. The van der Waals surface area contributed by atoms with Gasteiger partial charge in [0.05, 0.1) is 34.0 Å². The summed E-state index contributed by atoms with van der Waals surface area (Å²) in [5.74, 6) is 0.156. The number of thiophene rings is 1. The van der Waals surface area contributed by atoms with Crippen LogP contribution in [-0.2, 0) is 16.1 Å². The van der Waals surface area contributed by atoms with Crippen molar-refractivity contribution in [1.82, 2.24) is 4.57 Å². The van der Waals surface area contributed by atoms with Crippen LogP contribution < -0.4 is 19.6 Å². The number of carbonyl (C=O) groups is 1. The molecule has 0 N–H and O–H groups in total. The van der Waals surface area contributed by atoms with Gasteiger partial charge in [0.2, 0.25) is 0 Å². The summed E-state index contributed by atoms with van der Waals surface area (Å²) in [6.45, 7) is 2.31. The van der Waals surface area contributed by atoms with Gasteiger partial charge in [-0.2, -0.15) is 5.26 Å². The molecule has 0 saturated heterocycles. The molecule has 9 heteroatoms. The minimum atomic E-state index is -0.672. The lowest BCUT2D eigenvalue weighted by Crippen LogP contribution is -2.39. The maximum atomic E-state index is 14.0. The van der Waals surface area contributed by atoms with Crippen molar-refractivity contribution in [2.24, 2.45) is 4.99 Å². The van der Waals surface area contributed by atoms with E-state index < -0.39 is 12.0 Å². The molecule has 6 rings (SSSR count). The predicted octanol–water partition coefficient (Wildman–Crippen LogP) is 5.45. The topological polar surface area (TPSA) is 93.7 Å². The smallest absolute Gasteiger partial charge is 0.338 e. The number of hydrogen-bond donors (Lipinski definition) is 0. The highest BCUT2D eigenvalue weighted by Gasteiger charge is 2.35. The molecular formula is C34H25N3O4S2. The lowest BCUT2D eigenvalue weighted by Gasteiger charge is -2.24. The number of benzene rings is 3. The van der Waals surface area contributed by atoms with Crippen molar-refractivity contribution in [1.29, 1.82) is 5.26 Å². The molecule has 3 heterocycles. The van der Waals surface area contributed by atoms with Crippen molar-refractivity contribution in [3.8, 4) is 11.8 Å². The third kappa shape index (κ3) is 5.84. The Morgan fingerprint density at radius 2 is 1.86 bits per heavy atom. The molecule has 0 aliphatic carbocycles. The molecule has 43 heavy (non-hydrogen) atoms. The van der Waals surface area contributed by atoms with Gasteiger partial charge in [0.1, 0.15) is 18.4 Å². The van der Waals surface area contributed by atoms with Gasteiger partial charge in [-0.25, -0.2) is 9.79 Å². The number of carbonyl (C=O) groups excluding carboxylic acids is 1. The third-order valence-electron chi connectivity index (χ3n) is 6.83. The zero-order valence-electron chi connectivity index (χ0n) is 23.1. The second-order valence-electron chi connectivity index (χ2n) is 9.62. The number of hydrogen-bond acceptors (Lipinski definition) is 8. The lowest BCUT2D eigenvalue weighted by atomic mass is 9.97. The van der Waals surface area contributed by atoms with Gasteiger partial charge in [0.25, 0.3) is 5.56 Å². The van der Waals surface area contributed by atoms with Crippen LogP contribution in [0.15, 0.2) is 112 Å². The molecule has 0 spiro atoms. The SMILES string of the molecule is CCOC(=O)C1=C(c2ccccc2)N=c2s/c(=C\c3cccc(OCc4ccc(C#N)cc4)c3)c(=O)n2[C@H]1c1cccs1. The van der Waals surface area contributed by atoms with E-state index in [1.165, 1.54) is 22.7 Å². The van der Waals surface area contributed by atoms with E-state index in [-0.39, 0.29) is 12.2 Å². The maximum absolute atomic E-state index is 14.0. The molecule has 212 valence electrons. The molecule has 5 aromatic rings. The first-order valence-electron chi connectivity index (χ1n) is 13.6. The van der Waals surface area contributed by atoms with E-state index in [9.17, 15) is 9.59 Å². The standard InChI is InChI=1S/C34H25N3O4S2/c1-2-40-33(39)29-30(25-9-4-3-5-10-25)36-34-37(31(29)27-12-7-17-42-27)32(38)28(43-34)19-24-8-6-11-26(18-24)41-21-23-15-13-22(20-35)14-16-23/h3-19,31H,2,21H2,1H3/b28-19-/t31-/m0/s1. The molecule has 1 aliphatic rings. The summed E-state index contributed by atoms with van der Waals surface area (Å²) in [5, 5.41) is 10.9. The van der Waals surface area contributed by atoms with Crippen LogP contribution in [0.2, 0.25) is 0 Å². The Morgan fingerprint density at radius 1 is 1.05 bits per heavy atom. The van der Waals surface area contributed by atoms with Crippen molar-refractivity contribution >= 4 is 40.4 Å². The van der Waals surface area contributed by atoms with Crippen LogP contribution in [-0.4, -0.2) is 17.1 Å². The summed E-state index contributed by atoms with van der Waals surface area (Å²) < 4.78 is 13.6. The van der Waals surface area contributed by atoms with Gasteiger partial charge in [-0.1, -0.05) is 72.0 Å². The van der Waals surface area contributed by atoms with E-state index in [2.05, 4.69) is 6.07 Å². The number of fused-ring (bicyclic) bond motifs is 1. The van der Waals surface area contributed by atoms with Gasteiger partial charge in [0, 0.05) is 10.4 Å². The zero-order valence-corrected chi connectivity index (χ0v) is 24.7. The summed E-state index contributed by atoms with van der Waals surface area (Å²) in [6.07, 6.45) is 1.82. The number of aromatic nitrogens is 1. The number of esters is 1. The van der Waals surface area contributed by atoms with Crippen LogP contribution in [0.25, 0.3) is 11.8 Å². The normalized spacial score (nSPS) is 14.5. The monoisotopic (exact) mass is 603 g/mol. The summed E-state index contributed by atoms with van der Waals surface area (Å²) in [7, 11) is 0. The van der Waals surface area contributed by atoms with Crippen LogP contribution in [0.4, 0.5) is 0 Å². The molecule has 0 fully saturated rings. The van der Waals surface area contributed by atoms with Crippen LogP contribution in [0, 0.1) is 11.3 Å². The van der Waals surface area contributed by atoms with E-state index in [0.29, 0.717) is 38.5 Å². The van der Waals surface area contributed by atoms with E-state index in [4.69, 9.17) is 19.7 Å². The van der Waals surface area contributed by atoms with E-state index in [1.54, 1.807) is 23.6 Å². The molecule has 0 saturated carbocycles. The summed E-state index contributed by atoms with van der Waals surface area (Å²) in [6, 6.07) is 29.5. The molecule has 0 amide bonds. The van der Waals surface area contributed by atoms with Gasteiger partial charge in [-0.05, 0) is 59.8 Å². The average molecular weight is 604 g/mol. The molecular weight excluding hydrogens is 579 g/mol. The Kier molecular flexibility index (Phi) is 8.13. The molecule has 2 aromatic heterocycles. The number of rotatable bonds is 8. The van der Waals surface area contributed by atoms with Gasteiger partial charge in [-0.15, -0.1) is 11.3 Å². The first-order valence-corrected chi connectivity index (χ1v) is 15.3. The number of nitrogens with zero attached hydrogens (tertiary/aromatic N) is 3. The summed E-state index contributed by atoms with van der Waals surface area (Å²) in [4.78, 5) is 33.7. The van der Waals surface area contributed by atoms with Gasteiger partial charge >= 0.3 is 5.97 Å². The fourth-order valence-corrected chi connectivity index (χ4v) is 6.67. The minimum absolute atomic E-state index is 0.204. The Hall–Kier alpha value is -5.04. The maximum Gasteiger partial charge on any atom is 0.338 e. The van der Waals surface area contributed by atoms with Gasteiger partial charge < -0.3 is 9.47 Å². The van der Waals surface area contributed by atoms with E-state index in [1.807, 2.05) is 90.3 Å². The Morgan fingerprint density at radius 3 is 2.58 bits per heavy atom. The number of nitriles is 1. The highest BCUT2D eigenvalue weighted by atomic mass is 32.1. The first-order chi connectivity index (χ1) is 21.1. The van der Waals surface area contributed by atoms with Crippen molar-refractivity contribution in [3.05, 3.63) is 149 Å². The van der Waals surface area contributed by atoms with Crippen molar-refractivity contribution < 1.29 is 14.3 Å². The molecule has 0 bridgehead atoms. The lowest BCUT2D eigenvalue weighted by molar-refractivity contribution is -0.138. The molecule has 1 atom stereocenters. The average Bonchev–Trinajstić information content (AvgIpc) is 3.68. The highest BCUT2D eigenvalue weighted by Crippen LogP contribution is 2.36. The van der Waals surface area contributed by atoms with Gasteiger partial charge in [-0.3, -0.25) is 9.36 Å². The second-order valence-corrected chi connectivity index (χ2v) is 11.6. The van der Waals surface area contributed by atoms with Crippen LogP contribution >= 0.6 is 22.7 Å². The molecule has 1 aliphatic heterocycles. The molecule has 0 radical (unpaired) electrons. The quantitative estimate of drug-likeness (QED) is 0.220. The summed E-state index contributed by atoms with van der Waals surface area (Å²) in [5.41, 5.74) is 3.72. The van der Waals surface area contributed by atoms with E-state index in [0.717, 1.165) is 21.6 Å². The van der Waals surface area contributed by atoms with Crippen molar-refractivity contribution in [3.63, 3.8) is 0 Å². The van der Waals surface area contributed by atoms with Crippen LogP contribution in [0.1, 0.15) is 40.1 Å². The number of thiazole rings is 1. The molecule has 3 aromatic carbocycles. The largest absolute Gasteiger partial charge is 0.489 e. The fraction of sp³-hybridized carbons (Fsp3) is 0.118. The van der Waals surface area contributed by atoms with E-state index >= 15 is 0 Å². The first kappa shape index (κ1) is 28.1. The van der Waals surface area contributed by atoms with Crippen molar-refractivity contribution in [2.45, 2.75) is 19.6 Å². The molecule has 0 unspecified atom stereocenters. The Balaban J connectivity index is 1.42.